The molecular weight excluding hydrogens is 818 g/mol. The minimum atomic E-state index is 0.659. The molecule has 0 radical (unpaired) electrons. The number of halogens is 1. The largest absolute Gasteiger partial charge is 0.456 e. The number of hydrogen-bond donors (Lipinski definition) is 0. The summed E-state index contributed by atoms with van der Waals surface area (Å²) in [7, 11) is 0. The maximum absolute atomic E-state index is 7.25. The summed E-state index contributed by atoms with van der Waals surface area (Å²) in [4.78, 5) is 2.34. The summed E-state index contributed by atoms with van der Waals surface area (Å²) >= 11 is 7.25. The van der Waals surface area contributed by atoms with Crippen LogP contribution in [-0.4, -0.2) is 0 Å². The van der Waals surface area contributed by atoms with Gasteiger partial charge in [-0.25, -0.2) is 0 Å². The van der Waals surface area contributed by atoms with Crippen molar-refractivity contribution in [1.82, 2.24) is 0 Å². The van der Waals surface area contributed by atoms with Crippen LogP contribution in [0.15, 0.2) is 220 Å². The molecule has 3 aromatic heterocycles. The lowest BCUT2D eigenvalue weighted by molar-refractivity contribution is 0.668. The third-order valence-corrected chi connectivity index (χ3v) is 13.6. The van der Waals surface area contributed by atoms with Gasteiger partial charge in [-0.3, -0.25) is 0 Å². The molecule has 13 aromatic rings. The van der Waals surface area contributed by atoms with E-state index in [2.05, 4.69) is 163 Å². The zero-order valence-corrected chi connectivity index (χ0v) is 35.4. The minimum absolute atomic E-state index is 0.659. The lowest BCUT2D eigenvalue weighted by Crippen LogP contribution is -2.11. The number of hydrogen-bond acceptors (Lipinski definition) is 4. The molecule has 0 N–H and O–H groups in total. The summed E-state index contributed by atoms with van der Waals surface area (Å²) in [6.07, 6.45) is 0. The van der Waals surface area contributed by atoms with Crippen molar-refractivity contribution < 1.29 is 13.3 Å². The smallest absolute Gasteiger partial charge is 0.136 e. The van der Waals surface area contributed by atoms with Crippen LogP contribution in [0.4, 0.5) is 17.1 Å². The van der Waals surface area contributed by atoms with Gasteiger partial charge in [0, 0.05) is 43.4 Å². The summed E-state index contributed by atoms with van der Waals surface area (Å²) < 4.78 is 19.2. The molecule has 1 aliphatic rings. The van der Waals surface area contributed by atoms with Gasteiger partial charge in [0.2, 0.25) is 0 Å². The van der Waals surface area contributed by atoms with Crippen LogP contribution in [0.3, 0.4) is 0 Å². The van der Waals surface area contributed by atoms with Gasteiger partial charge in [-0.2, -0.15) is 0 Å². The Labute approximate surface area is 377 Å². The van der Waals surface area contributed by atoms with Gasteiger partial charge < -0.3 is 18.2 Å². The van der Waals surface area contributed by atoms with E-state index in [0.717, 1.165) is 139 Å². The highest BCUT2D eigenvalue weighted by atomic mass is 35.5. The van der Waals surface area contributed by atoms with Crippen molar-refractivity contribution in [2.24, 2.45) is 0 Å². The zero-order chi connectivity index (χ0) is 42.8. The molecule has 0 unspecified atom stereocenters. The highest BCUT2D eigenvalue weighted by Gasteiger charge is 2.30. The van der Waals surface area contributed by atoms with Crippen LogP contribution in [-0.2, 0) is 0 Å². The molecule has 4 heterocycles. The molecule has 0 saturated heterocycles. The molecule has 4 nitrogen and oxygen atoms in total. The third-order valence-electron chi connectivity index (χ3n) is 13.3. The Hall–Kier alpha value is -8.31. The van der Waals surface area contributed by atoms with E-state index in [0.29, 0.717) is 5.02 Å². The Morgan fingerprint density at radius 3 is 1.14 bits per heavy atom. The fraction of sp³-hybridized carbons (Fsp3) is 0. The standard InChI is InChI=1S/C60H34ClNO3/c61-48-18-4-5-19-51(48)62-49-30-27-36(39-16-10-24-56-59(39)43-13-2-7-21-53(43)64-56)33-46(49)41-29-26-35(38-15-9-23-55-58(38)42-12-1-6-20-52(42)63-55)32-45(41)47-34-37(28-31-50(47)62)40-17-11-25-57-60(40)44-14-3-8-22-54(44)65-57/h1-34H. The molecule has 0 fully saturated rings. The van der Waals surface area contributed by atoms with E-state index in [1.165, 1.54) is 0 Å². The Kier molecular flexibility index (Phi) is 7.71. The first-order valence-corrected chi connectivity index (χ1v) is 22.2. The second-order valence-corrected chi connectivity index (χ2v) is 17.2. The number of anilines is 3. The van der Waals surface area contributed by atoms with Crippen molar-refractivity contribution in [2.75, 3.05) is 4.90 Å². The summed E-state index contributed by atoms with van der Waals surface area (Å²) in [6.45, 7) is 0. The molecule has 1 aliphatic heterocycles. The van der Waals surface area contributed by atoms with Crippen molar-refractivity contribution in [3.63, 3.8) is 0 Å². The van der Waals surface area contributed by atoms with Crippen molar-refractivity contribution in [3.05, 3.63) is 211 Å². The average molecular weight is 852 g/mol. The van der Waals surface area contributed by atoms with Gasteiger partial charge in [-0.1, -0.05) is 139 Å². The average Bonchev–Trinajstić information content (AvgIpc) is 4.04. The quantitative estimate of drug-likeness (QED) is 0.177. The molecule has 14 rings (SSSR count). The topological polar surface area (TPSA) is 42.7 Å². The maximum atomic E-state index is 7.25. The number of fused-ring (bicyclic) bond motifs is 14. The van der Waals surface area contributed by atoms with Crippen LogP contribution in [0, 0.1) is 0 Å². The Balaban J connectivity index is 1.08. The molecule has 304 valence electrons. The predicted octanol–water partition coefficient (Wildman–Crippen LogP) is 18.2. The number of para-hydroxylation sites is 4. The van der Waals surface area contributed by atoms with E-state index in [4.69, 9.17) is 24.9 Å². The first-order chi connectivity index (χ1) is 32.1. The fourth-order valence-corrected chi connectivity index (χ4v) is 10.7. The molecular formula is C60H34ClNO3. The molecule has 65 heavy (non-hydrogen) atoms. The molecule has 5 heteroatoms. The van der Waals surface area contributed by atoms with Crippen molar-refractivity contribution in [1.29, 1.82) is 0 Å². The molecule has 10 aromatic carbocycles. The van der Waals surface area contributed by atoms with E-state index in [1.54, 1.807) is 0 Å². The van der Waals surface area contributed by atoms with Gasteiger partial charge in [-0.15, -0.1) is 0 Å². The summed E-state index contributed by atoms with van der Waals surface area (Å²) in [5.41, 5.74) is 19.1. The molecule has 0 bridgehead atoms. The Morgan fingerprint density at radius 1 is 0.277 bits per heavy atom. The van der Waals surface area contributed by atoms with Crippen LogP contribution in [0.25, 0.3) is 121 Å². The van der Waals surface area contributed by atoms with E-state index in [1.807, 2.05) is 48.5 Å². The van der Waals surface area contributed by atoms with Crippen molar-refractivity contribution >= 4 is 94.5 Å². The number of rotatable bonds is 4. The normalized spacial score (nSPS) is 12.4. The second-order valence-electron chi connectivity index (χ2n) is 16.8. The lowest BCUT2D eigenvalue weighted by Gasteiger charge is -2.28. The zero-order valence-electron chi connectivity index (χ0n) is 34.7. The van der Waals surface area contributed by atoms with E-state index < -0.39 is 0 Å². The summed E-state index contributed by atoms with van der Waals surface area (Å²) in [5, 5.41) is 7.24. The molecule has 0 saturated carbocycles. The Bertz CT molecular complexity index is 4110. The SMILES string of the molecule is Clc1ccccc1N1c2ccc(-c3cccc4oc5ccccc5c34)cc2-c2ccc(-c3cccc4oc5ccccc5c34)cc2-c2cc(-c3cccc4oc5ccccc5c34)ccc21. The van der Waals surface area contributed by atoms with E-state index >= 15 is 0 Å². The molecule has 0 atom stereocenters. The van der Waals surface area contributed by atoms with Crippen LogP contribution >= 0.6 is 11.6 Å². The maximum Gasteiger partial charge on any atom is 0.136 e. The first kappa shape index (κ1) is 36.2. The number of benzene rings is 10. The van der Waals surface area contributed by atoms with Gasteiger partial charge >= 0.3 is 0 Å². The monoisotopic (exact) mass is 851 g/mol. The lowest BCUT2D eigenvalue weighted by atomic mass is 9.87. The van der Waals surface area contributed by atoms with Gasteiger partial charge in [0.05, 0.1) is 22.1 Å². The minimum Gasteiger partial charge on any atom is -0.456 e. The summed E-state index contributed by atoms with van der Waals surface area (Å²) in [6, 6.07) is 72.7. The number of nitrogens with zero attached hydrogens (tertiary/aromatic N) is 1. The van der Waals surface area contributed by atoms with Gasteiger partial charge in [0.1, 0.15) is 33.5 Å². The first-order valence-electron chi connectivity index (χ1n) is 21.8. The van der Waals surface area contributed by atoms with Crippen LogP contribution < -0.4 is 4.90 Å². The van der Waals surface area contributed by atoms with Crippen LogP contribution in [0.5, 0.6) is 0 Å². The molecule has 0 aliphatic carbocycles. The van der Waals surface area contributed by atoms with Crippen molar-refractivity contribution in [3.8, 4) is 55.6 Å². The van der Waals surface area contributed by atoms with Crippen molar-refractivity contribution in [2.45, 2.75) is 0 Å². The highest BCUT2D eigenvalue weighted by molar-refractivity contribution is 6.34. The third kappa shape index (κ3) is 5.38. The van der Waals surface area contributed by atoms with Gasteiger partial charge in [0.15, 0.2) is 0 Å². The van der Waals surface area contributed by atoms with E-state index in [-0.39, 0.29) is 0 Å². The molecule has 0 spiro atoms. The highest BCUT2D eigenvalue weighted by Crippen LogP contribution is 2.55. The van der Waals surface area contributed by atoms with Crippen LogP contribution in [0.2, 0.25) is 5.02 Å². The second kappa shape index (κ2) is 13.8. The fourth-order valence-electron chi connectivity index (χ4n) is 10.5. The van der Waals surface area contributed by atoms with Gasteiger partial charge in [-0.05, 0) is 123 Å². The molecule has 0 amide bonds. The predicted molar refractivity (Wildman–Crippen MR) is 269 cm³/mol. The Morgan fingerprint density at radius 2 is 0.662 bits per heavy atom. The van der Waals surface area contributed by atoms with Crippen LogP contribution in [0.1, 0.15) is 0 Å². The number of furan rings is 3. The summed E-state index contributed by atoms with van der Waals surface area (Å²) in [5.74, 6) is 0. The van der Waals surface area contributed by atoms with Gasteiger partial charge in [0.25, 0.3) is 0 Å². The van der Waals surface area contributed by atoms with E-state index in [9.17, 15) is 0 Å².